The third-order valence-electron chi connectivity index (χ3n) is 5.08. The minimum Gasteiger partial charge on any atom is -0.305 e. The number of hydrogen-bond donors (Lipinski definition) is 1. The maximum atomic E-state index is 12.5. The van der Waals surface area contributed by atoms with Crippen LogP contribution in [0.1, 0.15) is 11.4 Å². The summed E-state index contributed by atoms with van der Waals surface area (Å²) in [7, 11) is 0. The van der Waals surface area contributed by atoms with Crippen LogP contribution in [0.4, 0.5) is 0 Å². The number of aromatic amines is 1. The van der Waals surface area contributed by atoms with Crippen LogP contribution in [0, 0.1) is 0 Å². The molecule has 1 N–H and O–H groups in total. The summed E-state index contributed by atoms with van der Waals surface area (Å²) in [6, 6.07) is 21.6. The number of imidazole rings is 1. The molecule has 0 amide bonds. The summed E-state index contributed by atoms with van der Waals surface area (Å²) < 4.78 is 1.58. The van der Waals surface area contributed by atoms with Crippen LogP contribution in [0.3, 0.4) is 0 Å². The van der Waals surface area contributed by atoms with E-state index in [-0.39, 0.29) is 5.69 Å². The van der Waals surface area contributed by atoms with Crippen LogP contribution < -0.4 is 5.69 Å². The van der Waals surface area contributed by atoms with Crippen molar-refractivity contribution in [1.82, 2.24) is 24.5 Å². The normalized spacial score (nSPS) is 11.1. The molecule has 0 radical (unpaired) electrons. The van der Waals surface area contributed by atoms with Gasteiger partial charge in [-0.15, -0.1) is 0 Å². The van der Waals surface area contributed by atoms with Crippen molar-refractivity contribution in [3.63, 3.8) is 0 Å². The molecule has 0 spiro atoms. The van der Waals surface area contributed by atoms with Crippen molar-refractivity contribution in [2.24, 2.45) is 0 Å². The Morgan fingerprint density at radius 3 is 2.37 bits per heavy atom. The van der Waals surface area contributed by atoms with Gasteiger partial charge in [0.15, 0.2) is 0 Å². The highest BCUT2D eigenvalue weighted by molar-refractivity contribution is 5.83. The van der Waals surface area contributed by atoms with Gasteiger partial charge in [-0.1, -0.05) is 42.5 Å². The predicted octanol–water partition coefficient (Wildman–Crippen LogP) is 3.96. The van der Waals surface area contributed by atoms with E-state index in [1.165, 1.54) is 5.56 Å². The molecule has 3 aromatic heterocycles. The molecule has 0 aliphatic heterocycles. The van der Waals surface area contributed by atoms with E-state index in [4.69, 9.17) is 0 Å². The van der Waals surface area contributed by atoms with Gasteiger partial charge >= 0.3 is 5.69 Å². The zero-order valence-corrected chi connectivity index (χ0v) is 16.2. The number of H-pyrrole nitrogens is 1. The number of hydrogen-bond acceptors (Lipinski definition) is 4. The lowest BCUT2D eigenvalue weighted by molar-refractivity contribution is 0.859. The smallest absolute Gasteiger partial charge is 0.305 e. The molecule has 0 aliphatic carbocycles. The van der Waals surface area contributed by atoms with E-state index < -0.39 is 0 Å². The fourth-order valence-corrected chi connectivity index (χ4v) is 3.53. The number of pyridine rings is 1. The molecular weight excluding hydrogens is 374 g/mol. The van der Waals surface area contributed by atoms with Crippen molar-refractivity contribution < 1.29 is 0 Å². The average molecular weight is 393 g/mol. The number of nitrogens with zero attached hydrogens (tertiary/aromatic N) is 4. The van der Waals surface area contributed by atoms with E-state index in [0.717, 1.165) is 40.8 Å². The summed E-state index contributed by atoms with van der Waals surface area (Å²) in [5.74, 6) is 1.40. The Labute approximate surface area is 172 Å². The topological polar surface area (TPSA) is 76.5 Å². The van der Waals surface area contributed by atoms with Gasteiger partial charge in [-0.25, -0.2) is 24.3 Å². The molecule has 0 saturated carbocycles. The van der Waals surface area contributed by atoms with Gasteiger partial charge in [-0.3, -0.25) is 0 Å². The maximum absolute atomic E-state index is 12.5. The molecule has 0 aliphatic rings. The monoisotopic (exact) mass is 393 g/mol. The van der Waals surface area contributed by atoms with Crippen molar-refractivity contribution >= 4 is 11.0 Å². The number of nitrogens with one attached hydrogen (secondary N) is 1. The van der Waals surface area contributed by atoms with Gasteiger partial charge in [-0.2, -0.15) is 0 Å². The van der Waals surface area contributed by atoms with Crippen LogP contribution in [0.5, 0.6) is 0 Å². The number of aryl methyl sites for hydroxylation is 2. The summed E-state index contributed by atoms with van der Waals surface area (Å²) >= 11 is 0. The summed E-state index contributed by atoms with van der Waals surface area (Å²) in [5, 5.41) is 0. The molecule has 5 aromatic rings. The minimum absolute atomic E-state index is 0.214. The lowest BCUT2D eigenvalue weighted by Gasteiger charge is -2.06. The largest absolute Gasteiger partial charge is 0.332 e. The lowest BCUT2D eigenvalue weighted by atomic mass is 10.1. The van der Waals surface area contributed by atoms with Crippen LogP contribution in [0.2, 0.25) is 0 Å². The van der Waals surface area contributed by atoms with Crippen molar-refractivity contribution in [3.8, 4) is 16.9 Å². The molecule has 3 heterocycles. The van der Waals surface area contributed by atoms with E-state index in [1.807, 2.05) is 67.0 Å². The summed E-state index contributed by atoms with van der Waals surface area (Å²) in [6.45, 7) is 0. The second-order valence-corrected chi connectivity index (χ2v) is 7.06. The Kier molecular flexibility index (Phi) is 4.65. The number of rotatable bonds is 5. The van der Waals surface area contributed by atoms with Gasteiger partial charge in [0.25, 0.3) is 0 Å². The van der Waals surface area contributed by atoms with Gasteiger partial charge in [0.2, 0.25) is 0 Å². The molecule has 0 fully saturated rings. The van der Waals surface area contributed by atoms with Crippen LogP contribution >= 0.6 is 0 Å². The Hall–Kier alpha value is -4.06. The molecule has 0 saturated heterocycles. The van der Waals surface area contributed by atoms with Gasteiger partial charge in [-0.05, 0) is 41.8 Å². The molecule has 0 bridgehead atoms. The zero-order chi connectivity index (χ0) is 20.3. The van der Waals surface area contributed by atoms with E-state index in [0.29, 0.717) is 5.82 Å². The Bertz CT molecular complexity index is 1340. The Balaban J connectivity index is 1.44. The molecule has 30 heavy (non-hydrogen) atoms. The molecule has 146 valence electrons. The highest BCUT2D eigenvalue weighted by Crippen LogP contribution is 2.23. The third-order valence-corrected chi connectivity index (χ3v) is 5.08. The lowest BCUT2D eigenvalue weighted by Crippen LogP contribution is -2.15. The molecule has 0 atom stereocenters. The van der Waals surface area contributed by atoms with Crippen molar-refractivity contribution in [3.05, 3.63) is 107 Å². The van der Waals surface area contributed by atoms with Crippen molar-refractivity contribution in [2.45, 2.75) is 12.8 Å². The van der Waals surface area contributed by atoms with Crippen LogP contribution in [-0.2, 0) is 12.8 Å². The number of benzene rings is 2. The Morgan fingerprint density at radius 2 is 1.60 bits per heavy atom. The molecule has 5 rings (SSSR count). The number of fused-ring (bicyclic) bond motifs is 1. The standard InChI is InChI=1S/C24H19N5O/c30-24-28-20-11-10-18(14-21(20)29(24)23-8-4-5-13-25-23)19-15-26-22(27-16-19)12-9-17-6-2-1-3-7-17/h1-8,10-11,13-16H,9,12H2,(H,28,30). The minimum atomic E-state index is -0.214. The van der Waals surface area contributed by atoms with E-state index in [2.05, 4.69) is 32.1 Å². The second-order valence-electron chi connectivity index (χ2n) is 7.06. The fourth-order valence-electron chi connectivity index (χ4n) is 3.53. The molecule has 6 heteroatoms. The van der Waals surface area contributed by atoms with E-state index >= 15 is 0 Å². The van der Waals surface area contributed by atoms with E-state index in [9.17, 15) is 4.79 Å². The number of aromatic nitrogens is 5. The van der Waals surface area contributed by atoms with Crippen LogP contribution in [-0.4, -0.2) is 24.5 Å². The maximum Gasteiger partial charge on any atom is 0.332 e. The second kappa shape index (κ2) is 7.75. The van der Waals surface area contributed by atoms with Gasteiger partial charge < -0.3 is 4.98 Å². The third kappa shape index (κ3) is 3.51. The van der Waals surface area contributed by atoms with Gasteiger partial charge in [0, 0.05) is 30.6 Å². The molecular formula is C24H19N5O. The first-order chi connectivity index (χ1) is 14.8. The molecule has 6 nitrogen and oxygen atoms in total. The summed E-state index contributed by atoms with van der Waals surface area (Å²) in [6.07, 6.45) is 7.05. The van der Waals surface area contributed by atoms with Gasteiger partial charge in [0.1, 0.15) is 11.6 Å². The fraction of sp³-hybridized carbons (Fsp3) is 0.0833. The summed E-state index contributed by atoms with van der Waals surface area (Å²) in [4.78, 5) is 28.7. The first-order valence-electron chi connectivity index (χ1n) is 9.79. The molecule has 2 aromatic carbocycles. The van der Waals surface area contributed by atoms with Crippen LogP contribution in [0.25, 0.3) is 28.0 Å². The Morgan fingerprint density at radius 1 is 0.800 bits per heavy atom. The highest BCUT2D eigenvalue weighted by atomic mass is 16.1. The first kappa shape index (κ1) is 18.0. The van der Waals surface area contributed by atoms with Crippen LogP contribution in [0.15, 0.2) is 90.1 Å². The average Bonchev–Trinajstić information content (AvgIpc) is 3.14. The SMILES string of the molecule is O=c1[nH]c2ccc(-c3cnc(CCc4ccccc4)nc3)cc2n1-c1ccccn1. The predicted molar refractivity (Wildman–Crippen MR) is 117 cm³/mol. The van der Waals surface area contributed by atoms with E-state index in [1.54, 1.807) is 10.8 Å². The van der Waals surface area contributed by atoms with Crippen molar-refractivity contribution in [2.75, 3.05) is 0 Å². The highest BCUT2D eigenvalue weighted by Gasteiger charge is 2.11. The first-order valence-corrected chi connectivity index (χ1v) is 9.79. The quantitative estimate of drug-likeness (QED) is 0.490. The zero-order valence-electron chi connectivity index (χ0n) is 16.2. The summed E-state index contributed by atoms with van der Waals surface area (Å²) in [5.41, 5.74) is 4.44. The molecule has 0 unspecified atom stereocenters. The van der Waals surface area contributed by atoms with Gasteiger partial charge in [0.05, 0.1) is 11.0 Å². The van der Waals surface area contributed by atoms with Crippen molar-refractivity contribution in [1.29, 1.82) is 0 Å².